The lowest BCUT2D eigenvalue weighted by molar-refractivity contribution is 0.0201. The highest BCUT2D eigenvalue weighted by Crippen LogP contribution is 2.16. The number of furan rings is 1. The molecule has 1 amide bonds. The van der Waals surface area contributed by atoms with Gasteiger partial charge in [-0.1, -0.05) is 12.1 Å². The second-order valence-electron chi connectivity index (χ2n) is 7.70. The largest absolute Gasteiger partial charge is 0.458 e. The molecule has 2 aromatic rings. The van der Waals surface area contributed by atoms with Gasteiger partial charge in [0.2, 0.25) is 0 Å². The van der Waals surface area contributed by atoms with Gasteiger partial charge in [0.05, 0.1) is 6.61 Å². The molecular weight excluding hydrogens is 377 g/mol. The number of ketones is 1. The van der Waals surface area contributed by atoms with E-state index in [2.05, 4.69) is 0 Å². The molecule has 158 valence electrons. The van der Waals surface area contributed by atoms with Gasteiger partial charge in [-0.25, -0.2) is 9.18 Å². The maximum atomic E-state index is 13.0. The minimum Gasteiger partial charge on any atom is -0.458 e. The predicted octanol–water partition coefficient (Wildman–Crippen LogP) is 4.47. The van der Waals surface area contributed by atoms with E-state index in [0.29, 0.717) is 25.3 Å². The molecule has 0 aliphatic heterocycles. The molecule has 0 radical (unpaired) electrons. The Morgan fingerprint density at radius 3 is 2.38 bits per heavy atom. The SMILES string of the molecule is COCCN(CCC(=O)c1ccc(Cc2ccc(F)cc2)o1)C(=O)OC(C)(C)C. The average molecular weight is 405 g/mol. The van der Waals surface area contributed by atoms with Crippen LogP contribution in [-0.2, 0) is 15.9 Å². The molecule has 2 rings (SSSR count). The van der Waals surface area contributed by atoms with Crippen LogP contribution in [0.2, 0.25) is 0 Å². The molecule has 1 heterocycles. The van der Waals surface area contributed by atoms with Gasteiger partial charge in [0.15, 0.2) is 11.5 Å². The predicted molar refractivity (Wildman–Crippen MR) is 107 cm³/mol. The zero-order valence-corrected chi connectivity index (χ0v) is 17.4. The Balaban J connectivity index is 1.94. The third-order valence-corrected chi connectivity index (χ3v) is 4.05. The van der Waals surface area contributed by atoms with Crippen LogP contribution in [0.5, 0.6) is 0 Å². The highest BCUT2D eigenvalue weighted by Gasteiger charge is 2.23. The minimum atomic E-state index is -0.622. The van der Waals surface area contributed by atoms with Crippen LogP contribution in [0, 0.1) is 5.82 Å². The first-order valence-electron chi connectivity index (χ1n) is 9.51. The summed E-state index contributed by atoms with van der Waals surface area (Å²) in [7, 11) is 1.55. The lowest BCUT2D eigenvalue weighted by Gasteiger charge is -2.27. The Morgan fingerprint density at radius 2 is 1.76 bits per heavy atom. The first-order valence-corrected chi connectivity index (χ1v) is 9.51. The van der Waals surface area contributed by atoms with Gasteiger partial charge in [0.1, 0.15) is 17.2 Å². The van der Waals surface area contributed by atoms with E-state index in [1.807, 2.05) is 0 Å². The number of hydrogen-bond donors (Lipinski definition) is 0. The zero-order chi connectivity index (χ0) is 21.4. The molecule has 0 aliphatic rings. The van der Waals surface area contributed by atoms with Crippen molar-refractivity contribution in [3.63, 3.8) is 0 Å². The molecule has 0 atom stereocenters. The molecule has 0 spiro atoms. The number of rotatable bonds is 9. The Labute approximate surface area is 170 Å². The second-order valence-corrected chi connectivity index (χ2v) is 7.70. The van der Waals surface area contributed by atoms with Crippen molar-refractivity contribution in [2.24, 2.45) is 0 Å². The van der Waals surface area contributed by atoms with Gasteiger partial charge in [-0.3, -0.25) is 4.79 Å². The Hall–Kier alpha value is -2.67. The van der Waals surface area contributed by atoms with E-state index in [0.717, 1.165) is 5.56 Å². The fraction of sp³-hybridized carbons (Fsp3) is 0.455. The van der Waals surface area contributed by atoms with E-state index in [1.165, 1.54) is 17.0 Å². The van der Waals surface area contributed by atoms with Gasteiger partial charge in [-0.05, 0) is 50.6 Å². The molecule has 0 N–H and O–H groups in total. The Morgan fingerprint density at radius 1 is 1.07 bits per heavy atom. The van der Waals surface area contributed by atoms with Crippen LogP contribution in [0.3, 0.4) is 0 Å². The number of hydrogen-bond acceptors (Lipinski definition) is 5. The van der Waals surface area contributed by atoms with Gasteiger partial charge in [0.25, 0.3) is 0 Å². The summed E-state index contributed by atoms with van der Waals surface area (Å²) in [6.07, 6.45) is 0.0801. The number of methoxy groups -OCH3 is 1. The Bertz CT molecular complexity index is 807. The molecule has 0 aliphatic carbocycles. The number of carbonyl (C=O) groups is 2. The van der Waals surface area contributed by atoms with Crippen LogP contribution >= 0.6 is 0 Å². The molecule has 0 saturated carbocycles. The number of benzene rings is 1. The summed E-state index contributed by atoms with van der Waals surface area (Å²) in [5.74, 6) is 0.342. The first kappa shape index (κ1) is 22.6. The van der Waals surface area contributed by atoms with Crippen molar-refractivity contribution in [2.75, 3.05) is 26.8 Å². The molecule has 6 nitrogen and oxygen atoms in total. The van der Waals surface area contributed by atoms with E-state index >= 15 is 0 Å². The maximum Gasteiger partial charge on any atom is 0.410 e. The third-order valence-electron chi connectivity index (χ3n) is 4.05. The van der Waals surface area contributed by atoms with E-state index in [-0.39, 0.29) is 30.3 Å². The number of Topliss-reactive ketones (excluding diaryl/α,β-unsaturated/α-hetero) is 1. The van der Waals surface area contributed by atoms with Crippen LogP contribution in [-0.4, -0.2) is 49.2 Å². The molecule has 0 bridgehead atoms. The monoisotopic (exact) mass is 405 g/mol. The highest BCUT2D eigenvalue weighted by molar-refractivity contribution is 5.93. The second kappa shape index (κ2) is 10.2. The standard InChI is InChI=1S/C22H28FNO5/c1-22(2,3)29-21(26)24(13-14-27-4)12-11-19(25)20-10-9-18(28-20)15-16-5-7-17(23)8-6-16/h5-10H,11-15H2,1-4H3. The van der Waals surface area contributed by atoms with Crippen molar-refractivity contribution < 1.29 is 27.9 Å². The van der Waals surface area contributed by atoms with Crippen LogP contribution in [0.4, 0.5) is 9.18 Å². The van der Waals surface area contributed by atoms with E-state index in [9.17, 15) is 14.0 Å². The third kappa shape index (κ3) is 7.69. The van der Waals surface area contributed by atoms with Crippen LogP contribution in [0.15, 0.2) is 40.8 Å². The summed E-state index contributed by atoms with van der Waals surface area (Å²) in [5, 5.41) is 0. The van der Waals surface area contributed by atoms with Gasteiger partial charge in [-0.15, -0.1) is 0 Å². The molecular formula is C22H28FNO5. The van der Waals surface area contributed by atoms with Crippen molar-refractivity contribution in [2.45, 2.75) is 39.2 Å². The maximum absolute atomic E-state index is 13.0. The molecule has 7 heteroatoms. The van der Waals surface area contributed by atoms with Gasteiger partial charge < -0.3 is 18.8 Å². The minimum absolute atomic E-state index is 0.104. The summed E-state index contributed by atoms with van der Waals surface area (Å²) in [6.45, 7) is 6.23. The van der Waals surface area contributed by atoms with E-state index in [1.54, 1.807) is 52.1 Å². The molecule has 0 unspecified atom stereocenters. The van der Waals surface area contributed by atoms with Gasteiger partial charge in [0, 0.05) is 33.0 Å². The van der Waals surface area contributed by atoms with Crippen molar-refractivity contribution in [3.8, 4) is 0 Å². The van der Waals surface area contributed by atoms with Gasteiger partial charge in [-0.2, -0.15) is 0 Å². The fourth-order valence-electron chi connectivity index (χ4n) is 2.61. The molecule has 0 fully saturated rings. The summed E-state index contributed by atoms with van der Waals surface area (Å²) in [4.78, 5) is 26.3. The lowest BCUT2D eigenvalue weighted by Crippen LogP contribution is -2.39. The number of carbonyl (C=O) groups excluding carboxylic acids is 2. The number of ether oxygens (including phenoxy) is 2. The summed E-state index contributed by atoms with van der Waals surface area (Å²) >= 11 is 0. The number of halogens is 1. The molecule has 1 aromatic carbocycles. The molecule has 29 heavy (non-hydrogen) atoms. The molecule has 0 saturated heterocycles. The molecule has 1 aromatic heterocycles. The summed E-state index contributed by atoms with van der Waals surface area (Å²) < 4.78 is 29.0. The van der Waals surface area contributed by atoms with Crippen LogP contribution < -0.4 is 0 Å². The quantitative estimate of drug-likeness (QED) is 0.576. The zero-order valence-electron chi connectivity index (χ0n) is 17.4. The smallest absolute Gasteiger partial charge is 0.410 e. The Kier molecular flexibility index (Phi) is 7.96. The lowest BCUT2D eigenvalue weighted by atomic mass is 10.1. The fourth-order valence-corrected chi connectivity index (χ4v) is 2.61. The van der Waals surface area contributed by atoms with Crippen LogP contribution in [0.25, 0.3) is 0 Å². The number of amides is 1. The highest BCUT2D eigenvalue weighted by atomic mass is 19.1. The normalized spacial score (nSPS) is 11.3. The summed E-state index contributed by atoms with van der Waals surface area (Å²) in [5.41, 5.74) is 0.262. The van der Waals surface area contributed by atoms with Gasteiger partial charge >= 0.3 is 6.09 Å². The number of nitrogens with zero attached hydrogens (tertiary/aromatic N) is 1. The van der Waals surface area contributed by atoms with Crippen molar-refractivity contribution >= 4 is 11.9 Å². The van der Waals surface area contributed by atoms with Crippen molar-refractivity contribution in [1.29, 1.82) is 0 Å². The van der Waals surface area contributed by atoms with Crippen molar-refractivity contribution in [1.82, 2.24) is 4.90 Å². The van der Waals surface area contributed by atoms with E-state index in [4.69, 9.17) is 13.9 Å². The average Bonchev–Trinajstić information content (AvgIpc) is 3.10. The topological polar surface area (TPSA) is 69.0 Å². The first-order chi connectivity index (χ1) is 13.7. The van der Waals surface area contributed by atoms with Crippen molar-refractivity contribution in [3.05, 3.63) is 59.3 Å². The summed E-state index contributed by atoms with van der Waals surface area (Å²) in [6, 6.07) is 9.47. The van der Waals surface area contributed by atoms with E-state index < -0.39 is 11.7 Å². The van der Waals surface area contributed by atoms with Crippen LogP contribution in [0.1, 0.15) is 49.1 Å².